The van der Waals surface area contributed by atoms with Crippen LogP contribution in [0.4, 0.5) is 11.4 Å². The van der Waals surface area contributed by atoms with Crippen LogP contribution in [-0.2, 0) is 9.59 Å². The number of carbonyl (C=O) groups is 3. The predicted octanol–water partition coefficient (Wildman–Crippen LogP) is 4.11. The average Bonchev–Trinajstić information content (AvgIpc) is 3.54. The van der Waals surface area contributed by atoms with Crippen LogP contribution in [0.25, 0.3) is 0 Å². The molecule has 0 radical (unpaired) electrons. The molecular formula is C26H24N2O3. The van der Waals surface area contributed by atoms with Crippen molar-refractivity contribution in [3.8, 4) is 0 Å². The number of hydrogen-bond donors (Lipinski definition) is 1. The highest BCUT2D eigenvalue weighted by molar-refractivity contribution is 6.22. The molecule has 31 heavy (non-hydrogen) atoms. The van der Waals surface area contributed by atoms with Gasteiger partial charge in [-0.25, -0.2) is 0 Å². The number of rotatable bonds is 3. The number of carbonyl (C=O) groups excluding carboxylic acids is 3. The first-order valence-corrected chi connectivity index (χ1v) is 11.0. The standard InChI is InChI=1S/C26H24N2O3/c1-13-3-10-21(14(2)11-13)27-24(29)15-4-6-16(7-5-15)28-25(30)22-17-8-9-18(20-12-19(17)20)23(22)26(28)31/h3-11,17-20,22-23H,12H2,1-2H3,(H,27,29)/t17-,18-,19-,20-,22-,23+/m0/s1. The van der Waals surface area contributed by atoms with Crippen LogP contribution >= 0.6 is 0 Å². The normalized spacial score (nSPS) is 32.1. The molecule has 0 unspecified atom stereocenters. The molecule has 0 aromatic heterocycles. The summed E-state index contributed by atoms with van der Waals surface area (Å²) in [6, 6.07) is 12.7. The first-order chi connectivity index (χ1) is 14.9. The number of benzene rings is 2. The van der Waals surface area contributed by atoms with Crippen molar-refractivity contribution >= 4 is 29.1 Å². The lowest BCUT2D eigenvalue weighted by molar-refractivity contribution is -0.124. The minimum atomic E-state index is -0.214. The number of allylic oxidation sites excluding steroid dienone is 2. The third-order valence-electron chi connectivity index (χ3n) is 7.68. The van der Waals surface area contributed by atoms with Crippen LogP contribution in [0.3, 0.4) is 0 Å². The number of nitrogens with one attached hydrogen (secondary N) is 1. The lowest BCUT2D eigenvalue weighted by Crippen LogP contribution is -2.40. The van der Waals surface area contributed by atoms with E-state index < -0.39 is 0 Å². The lowest BCUT2D eigenvalue weighted by Gasteiger charge is -2.37. The lowest BCUT2D eigenvalue weighted by atomic mass is 9.63. The van der Waals surface area contributed by atoms with Gasteiger partial charge in [0, 0.05) is 11.3 Å². The molecule has 1 heterocycles. The first kappa shape index (κ1) is 18.6. The van der Waals surface area contributed by atoms with Crippen molar-refractivity contribution in [3.63, 3.8) is 0 Å². The van der Waals surface area contributed by atoms with Gasteiger partial charge in [-0.05, 0) is 79.8 Å². The highest BCUT2D eigenvalue weighted by Crippen LogP contribution is 2.65. The van der Waals surface area contributed by atoms with E-state index in [4.69, 9.17) is 0 Å². The molecule has 4 aliphatic carbocycles. The molecule has 3 fully saturated rings. The minimum absolute atomic E-state index is 0.0767. The quantitative estimate of drug-likeness (QED) is 0.609. The fraction of sp³-hybridized carbons (Fsp3) is 0.346. The fourth-order valence-corrected chi connectivity index (χ4v) is 6.12. The van der Waals surface area contributed by atoms with E-state index in [2.05, 4.69) is 17.5 Å². The smallest absolute Gasteiger partial charge is 0.255 e. The van der Waals surface area contributed by atoms with E-state index in [1.807, 2.05) is 32.0 Å². The second-order valence-electron chi connectivity index (χ2n) is 9.49. The minimum Gasteiger partial charge on any atom is -0.322 e. The first-order valence-electron chi connectivity index (χ1n) is 11.0. The molecular weight excluding hydrogens is 388 g/mol. The average molecular weight is 412 g/mol. The molecule has 1 N–H and O–H groups in total. The summed E-state index contributed by atoms with van der Waals surface area (Å²) in [6.45, 7) is 3.97. The van der Waals surface area contributed by atoms with Gasteiger partial charge in [0.05, 0.1) is 17.5 Å². The van der Waals surface area contributed by atoms with Crippen LogP contribution in [0.2, 0.25) is 0 Å². The zero-order valence-electron chi connectivity index (χ0n) is 17.5. The summed E-state index contributed by atoms with van der Waals surface area (Å²) in [7, 11) is 0. The molecule has 2 aromatic rings. The van der Waals surface area contributed by atoms with Gasteiger partial charge in [-0.3, -0.25) is 19.3 Å². The Kier molecular flexibility index (Phi) is 3.83. The van der Waals surface area contributed by atoms with Crippen molar-refractivity contribution in [2.24, 2.45) is 35.5 Å². The van der Waals surface area contributed by atoms with Crippen molar-refractivity contribution < 1.29 is 14.4 Å². The van der Waals surface area contributed by atoms with Gasteiger partial charge < -0.3 is 5.32 Å². The number of anilines is 2. The van der Waals surface area contributed by atoms with Gasteiger partial charge in [0.2, 0.25) is 11.8 Å². The van der Waals surface area contributed by atoms with Gasteiger partial charge >= 0.3 is 0 Å². The second-order valence-corrected chi connectivity index (χ2v) is 9.49. The second kappa shape index (κ2) is 6.39. The summed E-state index contributed by atoms with van der Waals surface area (Å²) in [5.74, 6) is 0.812. The molecule has 156 valence electrons. The molecule has 6 atom stereocenters. The number of aryl methyl sites for hydroxylation is 2. The Morgan fingerprint density at radius 3 is 2.10 bits per heavy atom. The van der Waals surface area contributed by atoms with Crippen molar-refractivity contribution in [2.45, 2.75) is 20.3 Å². The molecule has 5 nitrogen and oxygen atoms in total. The number of amides is 3. The van der Waals surface area contributed by atoms with E-state index in [1.165, 1.54) is 4.90 Å². The van der Waals surface area contributed by atoms with E-state index in [1.54, 1.807) is 24.3 Å². The molecule has 2 saturated carbocycles. The number of nitrogens with zero attached hydrogens (tertiary/aromatic N) is 1. The van der Waals surface area contributed by atoms with Crippen LogP contribution in [0.5, 0.6) is 0 Å². The number of imide groups is 1. The SMILES string of the molecule is Cc1ccc(NC(=O)c2ccc(N3C(=O)[C@@H]4[C@H]5C=C[C@@H]([C@@H]6C[C@@H]56)[C@@H]4C3=O)cc2)c(C)c1. The topological polar surface area (TPSA) is 66.5 Å². The molecule has 2 aromatic carbocycles. The van der Waals surface area contributed by atoms with E-state index in [9.17, 15) is 14.4 Å². The van der Waals surface area contributed by atoms with Gasteiger partial charge in [-0.2, -0.15) is 0 Å². The molecule has 2 bridgehead atoms. The van der Waals surface area contributed by atoms with Gasteiger partial charge in [-0.1, -0.05) is 29.8 Å². The Balaban J connectivity index is 1.23. The largest absolute Gasteiger partial charge is 0.322 e. The third kappa shape index (κ3) is 2.65. The Labute approximate surface area is 181 Å². The maximum Gasteiger partial charge on any atom is 0.255 e. The van der Waals surface area contributed by atoms with E-state index >= 15 is 0 Å². The Morgan fingerprint density at radius 1 is 0.903 bits per heavy atom. The van der Waals surface area contributed by atoms with Crippen LogP contribution < -0.4 is 10.2 Å². The molecule has 3 amide bonds. The van der Waals surface area contributed by atoms with E-state index in [0.717, 1.165) is 23.2 Å². The van der Waals surface area contributed by atoms with E-state index in [0.29, 0.717) is 23.1 Å². The summed E-state index contributed by atoms with van der Waals surface area (Å²) < 4.78 is 0. The maximum atomic E-state index is 13.2. The molecule has 1 saturated heterocycles. The van der Waals surface area contributed by atoms with Crippen LogP contribution in [-0.4, -0.2) is 17.7 Å². The Bertz CT molecular complexity index is 1130. The zero-order valence-corrected chi connectivity index (χ0v) is 17.5. The third-order valence-corrected chi connectivity index (χ3v) is 7.68. The Morgan fingerprint density at radius 2 is 1.52 bits per heavy atom. The summed E-state index contributed by atoms with van der Waals surface area (Å²) in [5.41, 5.74) is 3.96. The monoisotopic (exact) mass is 412 g/mol. The molecule has 1 aliphatic heterocycles. The van der Waals surface area contributed by atoms with Crippen molar-refractivity contribution in [1.82, 2.24) is 0 Å². The highest BCUT2D eigenvalue weighted by Gasteiger charge is 2.67. The van der Waals surface area contributed by atoms with E-state index in [-0.39, 0.29) is 41.4 Å². The highest BCUT2D eigenvalue weighted by atomic mass is 16.2. The predicted molar refractivity (Wildman–Crippen MR) is 118 cm³/mol. The molecule has 0 spiro atoms. The summed E-state index contributed by atoms with van der Waals surface area (Å²) in [6.07, 6.45) is 5.50. The Hall–Kier alpha value is -3.21. The zero-order chi connectivity index (χ0) is 21.4. The van der Waals surface area contributed by atoms with Crippen molar-refractivity contribution in [1.29, 1.82) is 0 Å². The molecule has 5 heteroatoms. The van der Waals surface area contributed by atoms with Crippen molar-refractivity contribution in [3.05, 3.63) is 71.3 Å². The van der Waals surface area contributed by atoms with Gasteiger partial charge in [0.15, 0.2) is 0 Å². The summed E-state index contributed by atoms with van der Waals surface area (Å²) >= 11 is 0. The van der Waals surface area contributed by atoms with Crippen LogP contribution in [0.15, 0.2) is 54.6 Å². The van der Waals surface area contributed by atoms with Crippen LogP contribution in [0.1, 0.15) is 27.9 Å². The fourth-order valence-electron chi connectivity index (χ4n) is 6.12. The molecule has 5 aliphatic rings. The molecule has 7 rings (SSSR count). The van der Waals surface area contributed by atoms with Gasteiger partial charge in [0.25, 0.3) is 5.91 Å². The summed E-state index contributed by atoms with van der Waals surface area (Å²) in [4.78, 5) is 40.5. The summed E-state index contributed by atoms with van der Waals surface area (Å²) in [5, 5.41) is 2.94. The number of hydrogen-bond acceptors (Lipinski definition) is 3. The van der Waals surface area contributed by atoms with Crippen molar-refractivity contribution in [2.75, 3.05) is 10.2 Å². The van der Waals surface area contributed by atoms with Crippen LogP contribution in [0, 0.1) is 49.4 Å². The van der Waals surface area contributed by atoms with Gasteiger partial charge in [0.1, 0.15) is 0 Å². The maximum absolute atomic E-state index is 13.2. The van der Waals surface area contributed by atoms with Gasteiger partial charge in [-0.15, -0.1) is 0 Å².